The number of nitrogens with zero attached hydrogens (tertiary/aromatic N) is 2. The Kier molecular flexibility index (Phi) is 4.69. The first-order chi connectivity index (χ1) is 8.75. The van der Waals surface area contributed by atoms with Crippen molar-refractivity contribution < 1.29 is 14.4 Å². The maximum atomic E-state index is 11.8. The van der Waals surface area contributed by atoms with E-state index in [1.54, 1.807) is 14.0 Å². The van der Waals surface area contributed by atoms with Crippen molar-refractivity contribution >= 4 is 17.6 Å². The van der Waals surface area contributed by atoms with Crippen LogP contribution in [0.4, 0.5) is 0 Å². The number of rotatable bonds is 5. The Morgan fingerprint density at radius 2 is 1.79 bits per heavy atom. The molecule has 1 N–H and O–H groups in total. The number of carbonyl (C=O) groups is 3. The SMILES string of the molecule is C=C(NC(C)C(=O)C(C)C)N1CCN(C)C(=O)C1=O. The number of ketones is 1. The number of amides is 2. The summed E-state index contributed by atoms with van der Waals surface area (Å²) in [7, 11) is 1.58. The number of hydrogen-bond donors (Lipinski definition) is 1. The van der Waals surface area contributed by atoms with Crippen LogP contribution in [0.25, 0.3) is 0 Å². The van der Waals surface area contributed by atoms with Crippen molar-refractivity contribution in [3.8, 4) is 0 Å². The van der Waals surface area contributed by atoms with E-state index in [1.165, 1.54) is 9.80 Å². The Bertz CT molecular complexity index is 417. The van der Waals surface area contributed by atoms with E-state index in [-0.39, 0.29) is 11.7 Å². The molecule has 0 bridgehead atoms. The van der Waals surface area contributed by atoms with Crippen molar-refractivity contribution in [1.29, 1.82) is 0 Å². The maximum absolute atomic E-state index is 11.8. The van der Waals surface area contributed by atoms with Crippen LogP contribution in [-0.4, -0.2) is 53.6 Å². The molecule has 0 aromatic carbocycles. The second kappa shape index (κ2) is 5.86. The van der Waals surface area contributed by atoms with Gasteiger partial charge >= 0.3 is 11.8 Å². The maximum Gasteiger partial charge on any atom is 0.317 e. The third kappa shape index (κ3) is 3.33. The standard InChI is InChI=1S/C13H21N3O3/c1-8(2)11(17)9(3)14-10(4)16-7-6-15(5)12(18)13(16)19/h8-9,14H,4,6-7H2,1-3,5H3. The van der Waals surface area contributed by atoms with Gasteiger partial charge in [0.05, 0.1) is 6.04 Å². The van der Waals surface area contributed by atoms with Gasteiger partial charge in [0.1, 0.15) is 5.82 Å². The monoisotopic (exact) mass is 267 g/mol. The van der Waals surface area contributed by atoms with E-state index in [0.29, 0.717) is 18.9 Å². The summed E-state index contributed by atoms with van der Waals surface area (Å²) in [6.07, 6.45) is 0. The van der Waals surface area contributed by atoms with Crippen molar-refractivity contribution in [2.24, 2.45) is 5.92 Å². The molecule has 1 heterocycles. The highest BCUT2D eigenvalue weighted by molar-refractivity contribution is 6.35. The van der Waals surface area contributed by atoms with Gasteiger partial charge in [0, 0.05) is 26.1 Å². The summed E-state index contributed by atoms with van der Waals surface area (Å²) in [6.45, 7) is 9.93. The molecule has 0 spiro atoms. The van der Waals surface area contributed by atoms with Gasteiger partial charge < -0.3 is 10.2 Å². The second-order valence-corrected chi connectivity index (χ2v) is 5.05. The molecular formula is C13H21N3O3. The van der Waals surface area contributed by atoms with Crippen LogP contribution in [0.2, 0.25) is 0 Å². The van der Waals surface area contributed by atoms with Crippen LogP contribution in [0.15, 0.2) is 12.4 Å². The summed E-state index contributed by atoms with van der Waals surface area (Å²) in [5.41, 5.74) is 0. The fraction of sp³-hybridized carbons (Fsp3) is 0.615. The van der Waals surface area contributed by atoms with Crippen molar-refractivity contribution in [3.63, 3.8) is 0 Å². The predicted molar refractivity (Wildman–Crippen MR) is 70.9 cm³/mol. The van der Waals surface area contributed by atoms with Crippen molar-refractivity contribution in [3.05, 3.63) is 12.4 Å². The Labute approximate surface area is 113 Å². The Morgan fingerprint density at radius 1 is 1.21 bits per heavy atom. The molecule has 1 fully saturated rings. The summed E-state index contributed by atoms with van der Waals surface area (Å²) in [5.74, 6) is -0.936. The molecule has 2 amide bonds. The van der Waals surface area contributed by atoms with Gasteiger partial charge in [0.15, 0.2) is 5.78 Å². The lowest BCUT2D eigenvalue weighted by molar-refractivity contribution is -0.153. The van der Waals surface area contributed by atoms with E-state index in [1.807, 2.05) is 13.8 Å². The third-order valence-corrected chi connectivity index (χ3v) is 3.14. The summed E-state index contributed by atoms with van der Waals surface area (Å²) < 4.78 is 0. The number of hydrogen-bond acceptors (Lipinski definition) is 4. The predicted octanol–water partition coefficient (Wildman–Crippen LogP) is -0.0386. The highest BCUT2D eigenvalue weighted by Gasteiger charge is 2.32. The fourth-order valence-electron chi connectivity index (χ4n) is 1.89. The molecule has 1 aliphatic heterocycles. The van der Waals surface area contributed by atoms with Crippen LogP contribution >= 0.6 is 0 Å². The zero-order valence-corrected chi connectivity index (χ0v) is 11.9. The molecule has 6 heteroatoms. The first kappa shape index (κ1) is 15.2. The quantitative estimate of drug-likeness (QED) is 0.710. The van der Waals surface area contributed by atoms with E-state index in [2.05, 4.69) is 11.9 Å². The topological polar surface area (TPSA) is 69.7 Å². The highest BCUT2D eigenvalue weighted by Crippen LogP contribution is 2.09. The molecule has 0 aromatic rings. The van der Waals surface area contributed by atoms with Crippen LogP contribution in [0.3, 0.4) is 0 Å². The smallest absolute Gasteiger partial charge is 0.317 e. The lowest BCUT2D eigenvalue weighted by Gasteiger charge is -2.33. The van der Waals surface area contributed by atoms with Gasteiger partial charge in [-0.1, -0.05) is 20.4 Å². The molecule has 1 atom stereocenters. The van der Waals surface area contributed by atoms with Gasteiger partial charge in [-0.2, -0.15) is 0 Å². The minimum atomic E-state index is -0.615. The van der Waals surface area contributed by atoms with E-state index >= 15 is 0 Å². The number of likely N-dealkylation sites (N-methyl/N-ethyl adjacent to an activating group) is 1. The average Bonchev–Trinajstić information content (AvgIpc) is 2.34. The molecule has 1 unspecified atom stereocenters. The first-order valence-electron chi connectivity index (χ1n) is 6.31. The number of Topliss-reactive ketones (excluding diaryl/α,β-unsaturated/α-hetero) is 1. The lowest BCUT2D eigenvalue weighted by Crippen LogP contribution is -2.55. The van der Waals surface area contributed by atoms with Gasteiger partial charge in [-0.25, -0.2) is 0 Å². The van der Waals surface area contributed by atoms with Crippen LogP contribution in [0.5, 0.6) is 0 Å². The average molecular weight is 267 g/mol. The van der Waals surface area contributed by atoms with E-state index in [4.69, 9.17) is 0 Å². The summed E-state index contributed by atoms with van der Waals surface area (Å²) in [4.78, 5) is 37.8. The van der Waals surface area contributed by atoms with Gasteiger partial charge in [-0.05, 0) is 6.92 Å². The third-order valence-electron chi connectivity index (χ3n) is 3.14. The zero-order chi connectivity index (χ0) is 14.7. The Morgan fingerprint density at radius 3 is 2.32 bits per heavy atom. The van der Waals surface area contributed by atoms with Crippen molar-refractivity contribution in [1.82, 2.24) is 15.1 Å². The minimum absolute atomic E-state index is 0.0362. The van der Waals surface area contributed by atoms with E-state index < -0.39 is 17.9 Å². The van der Waals surface area contributed by atoms with Crippen LogP contribution < -0.4 is 5.32 Å². The highest BCUT2D eigenvalue weighted by atomic mass is 16.2. The van der Waals surface area contributed by atoms with Gasteiger partial charge in [0.25, 0.3) is 0 Å². The largest absolute Gasteiger partial charge is 0.362 e. The summed E-state index contributed by atoms with van der Waals surface area (Å²) in [6, 6.07) is -0.435. The van der Waals surface area contributed by atoms with Gasteiger partial charge in [0.2, 0.25) is 0 Å². The molecule has 106 valence electrons. The Hall–Kier alpha value is -1.85. The molecule has 1 saturated heterocycles. The summed E-state index contributed by atoms with van der Waals surface area (Å²) in [5, 5.41) is 2.89. The molecule has 0 saturated carbocycles. The van der Waals surface area contributed by atoms with Gasteiger partial charge in [-0.3, -0.25) is 19.3 Å². The number of nitrogens with one attached hydrogen (secondary N) is 1. The first-order valence-corrected chi connectivity index (χ1v) is 6.31. The molecule has 0 aliphatic carbocycles. The molecule has 0 aromatic heterocycles. The molecule has 0 radical (unpaired) electrons. The lowest BCUT2D eigenvalue weighted by atomic mass is 10.0. The van der Waals surface area contributed by atoms with Crippen LogP contribution in [0.1, 0.15) is 20.8 Å². The molecule has 19 heavy (non-hydrogen) atoms. The normalized spacial score (nSPS) is 17.7. The number of carbonyl (C=O) groups excluding carboxylic acids is 3. The van der Waals surface area contributed by atoms with Crippen LogP contribution in [-0.2, 0) is 14.4 Å². The molecule has 1 rings (SSSR count). The van der Waals surface area contributed by atoms with E-state index in [0.717, 1.165) is 0 Å². The van der Waals surface area contributed by atoms with E-state index in [9.17, 15) is 14.4 Å². The van der Waals surface area contributed by atoms with Gasteiger partial charge in [-0.15, -0.1) is 0 Å². The molecule has 1 aliphatic rings. The van der Waals surface area contributed by atoms with Crippen molar-refractivity contribution in [2.75, 3.05) is 20.1 Å². The summed E-state index contributed by atoms with van der Waals surface area (Å²) >= 11 is 0. The zero-order valence-electron chi connectivity index (χ0n) is 11.9. The molecular weight excluding hydrogens is 246 g/mol. The number of piperazine rings is 1. The van der Waals surface area contributed by atoms with Crippen molar-refractivity contribution in [2.45, 2.75) is 26.8 Å². The Balaban J connectivity index is 2.66. The minimum Gasteiger partial charge on any atom is -0.362 e. The van der Waals surface area contributed by atoms with Crippen LogP contribution in [0, 0.1) is 5.92 Å². The molecule has 6 nitrogen and oxygen atoms in total. The second-order valence-electron chi connectivity index (χ2n) is 5.05. The fourth-order valence-corrected chi connectivity index (χ4v) is 1.89.